The molecule has 1 aliphatic carbocycles. The summed E-state index contributed by atoms with van der Waals surface area (Å²) in [4.78, 5) is 0. The fourth-order valence-electron chi connectivity index (χ4n) is 2.69. The molecule has 2 rings (SSSR count). The Morgan fingerprint density at radius 3 is 2.22 bits per heavy atom. The third kappa shape index (κ3) is 2.25. The standard InChI is InChI=1S/C12H20F2N2OS/c1-10(2,3)18-16-8-12(13,14)11(16)6-4-9(15-17)5-7-11/h17H,4-8H2,1-3H3. The molecule has 0 unspecified atom stereocenters. The van der Waals surface area contributed by atoms with Crippen LogP contribution in [-0.4, -0.2) is 38.0 Å². The summed E-state index contributed by atoms with van der Waals surface area (Å²) in [6.07, 6.45) is 1.69. The van der Waals surface area contributed by atoms with E-state index >= 15 is 0 Å². The summed E-state index contributed by atoms with van der Waals surface area (Å²) in [5, 5.41) is 11.9. The van der Waals surface area contributed by atoms with Gasteiger partial charge in [0, 0.05) is 4.75 Å². The molecule has 0 aromatic rings. The van der Waals surface area contributed by atoms with Gasteiger partial charge in [0.1, 0.15) is 0 Å². The highest BCUT2D eigenvalue weighted by Gasteiger charge is 2.68. The summed E-state index contributed by atoms with van der Waals surface area (Å²) in [5.41, 5.74) is -0.386. The second-order valence-electron chi connectivity index (χ2n) is 6.14. The van der Waals surface area contributed by atoms with Gasteiger partial charge in [-0.1, -0.05) is 17.1 Å². The van der Waals surface area contributed by atoms with Crippen molar-refractivity contribution in [1.29, 1.82) is 0 Å². The van der Waals surface area contributed by atoms with Gasteiger partial charge in [0.2, 0.25) is 0 Å². The molecule has 0 aromatic carbocycles. The Bertz CT molecular complexity index is 356. The molecule has 0 bridgehead atoms. The molecule has 2 aliphatic rings. The molecule has 0 radical (unpaired) electrons. The molecule has 104 valence electrons. The quantitative estimate of drug-likeness (QED) is 0.453. The monoisotopic (exact) mass is 278 g/mol. The average Bonchev–Trinajstić information content (AvgIpc) is 2.26. The number of hydrogen-bond acceptors (Lipinski definition) is 4. The molecule has 1 saturated heterocycles. The van der Waals surface area contributed by atoms with Gasteiger partial charge in [-0.2, -0.15) is 0 Å². The molecule has 1 spiro atoms. The lowest BCUT2D eigenvalue weighted by Crippen LogP contribution is -2.74. The van der Waals surface area contributed by atoms with Crippen molar-refractivity contribution < 1.29 is 14.0 Å². The van der Waals surface area contributed by atoms with E-state index in [1.165, 1.54) is 11.9 Å². The highest BCUT2D eigenvalue weighted by atomic mass is 32.2. The van der Waals surface area contributed by atoms with Crippen molar-refractivity contribution in [1.82, 2.24) is 4.31 Å². The Labute approximate surface area is 111 Å². The first-order valence-corrected chi connectivity index (χ1v) is 7.02. The largest absolute Gasteiger partial charge is 0.411 e. The van der Waals surface area contributed by atoms with E-state index in [1.807, 2.05) is 25.1 Å². The van der Waals surface area contributed by atoms with Crippen molar-refractivity contribution in [3.05, 3.63) is 0 Å². The fraction of sp³-hybridized carbons (Fsp3) is 0.917. The van der Waals surface area contributed by atoms with Gasteiger partial charge in [0.25, 0.3) is 5.92 Å². The van der Waals surface area contributed by atoms with Gasteiger partial charge in [-0.15, -0.1) is 0 Å². The first kappa shape index (κ1) is 14.1. The summed E-state index contributed by atoms with van der Waals surface area (Å²) in [6.45, 7) is 5.93. The topological polar surface area (TPSA) is 35.8 Å². The second-order valence-corrected chi connectivity index (χ2v) is 7.99. The molecule has 1 N–H and O–H groups in total. The zero-order valence-electron chi connectivity index (χ0n) is 11.0. The summed E-state index contributed by atoms with van der Waals surface area (Å²) in [7, 11) is 0. The van der Waals surface area contributed by atoms with Crippen molar-refractivity contribution in [2.75, 3.05) is 6.54 Å². The van der Waals surface area contributed by atoms with Gasteiger partial charge < -0.3 is 5.21 Å². The maximum atomic E-state index is 14.0. The van der Waals surface area contributed by atoms with Gasteiger partial charge in [-0.3, -0.25) is 0 Å². The van der Waals surface area contributed by atoms with E-state index in [4.69, 9.17) is 5.21 Å². The van der Waals surface area contributed by atoms with Crippen LogP contribution >= 0.6 is 11.9 Å². The van der Waals surface area contributed by atoms with Gasteiger partial charge in [-0.05, 0) is 46.5 Å². The van der Waals surface area contributed by atoms with Gasteiger partial charge >= 0.3 is 0 Å². The molecule has 1 saturated carbocycles. The van der Waals surface area contributed by atoms with E-state index in [-0.39, 0.29) is 11.3 Å². The fourth-order valence-corrected chi connectivity index (χ4v) is 4.07. The van der Waals surface area contributed by atoms with Crippen molar-refractivity contribution in [2.24, 2.45) is 5.16 Å². The van der Waals surface area contributed by atoms with Crippen LogP contribution in [0.5, 0.6) is 0 Å². The van der Waals surface area contributed by atoms with E-state index in [1.54, 1.807) is 0 Å². The predicted octanol–water partition coefficient (Wildman–Crippen LogP) is 3.53. The van der Waals surface area contributed by atoms with Crippen LogP contribution < -0.4 is 0 Å². The Morgan fingerprint density at radius 2 is 1.83 bits per heavy atom. The van der Waals surface area contributed by atoms with Crippen molar-refractivity contribution in [3.8, 4) is 0 Å². The van der Waals surface area contributed by atoms with E-state index in [9.17, 15) is 8.78 Å². The molecule has 6 heteroatoms. The lowest BCUT2D eigenvalue weighted by Gasteiger charge is -2.60. The average molecular weight is 278 g/mol. The molecule has 0 atom stereocenters. The van der Waals surface area contributed by atoms with Crippen molar-refractivity contribution in [3.63, 3.8) is 0 Å². The van der Waals surface area contributed by atoms with Crippen LogP contribution in [0, 0.1) is 0 Å². The minimum atomic E-state index is -2.62. The molecule has 3 nitrogen and oxygen atoms in total. The molecule has 1 aliphatic heterocycles. The van der Waals surface area contributed by atoms with Crippen LogP contribution in [0.1, 0.15) is 46.5 Å². The predicted molar refractivity (Wildman–Crippen MR) is 69.4 cm³/mol. The Kier molecular flexibility index (Phi) is 3.39. The van der Waals surface area contributed by atoms with Crippen LogP contribution in [-0.2, 0) is 0 Å². The smallest absolute Gasteiger partial charge is 0.280 e. The normalized spacial score (nSPS) is 32.4. The molecule has 0 amide bonds. The van der Waals surface area contributed by atoms with E-state index in [0.717, 1.165) is 0 Å². The van der Waals surface area contributed by atoms with Crippen LogP contribution in [0.15, 0.2) is 5.16 Å². The van der Waals surface area contributed by atoms with Crippen molar-refractivity contribution >= 4 is 17.7 Å². The third-order valence-corrected chi connectivity index (χ3v) is 4.93. The Morgan fingerprint density at radius 1 is 1.28 bits per heavy atom. The Hall–Kier alpha value is -0.360. The maximum absolute atomic E-state index is 14.0. The number of alkyl halides is 2. The lowest BCUT2D eigenvalue weighted by atomic mass is 9.71. The number of hydrogen-bond donors (Lipinski definition) is 1. The van der Waals surface area contributed by atoms with E-state index < -0.39 is 11.5 Å². The molecule has 18 heavy (non-hydrogen) atoms. The zero-order valence-corrected chi connectivity index (χ0v) is 11.9. The minimum Gasteiger partial charge on any atom is -0.411 e. The molecule has 1 heterocycles. The first-order chi connectivity index (χ1) is 8.20. The van der Waals surface area contributed by atoms with Crippen molar-refractivity contribution in [2.45, 2.75) is 62.7 Å². The second kappa shape index (κ2) is 4.34. The SMILES string of the molecule is CC(C)(C)SN1CC(F)(F)C12CCC(=NO)CC2. The number of halogens is 2. The number of rotatable bonds is 1. The third-order valence-electron chi connectivity index (χ3n) is 3.68. The number of oxime groups is 1. The molecule has 2 fully saturated rings. The van der Waals surface area contributed by atoms with Crippen LogP contribution in [0.4, 0.5) is 8.78 Å². The highest BCUT2D eigenvalue weighted by Crippen LogP contribution is 2.56. The van der Waals surface area contributed by atoms with Gasteiger partial charge in [0.15, 0.2) is 0 Å². The highest BCUT2D eigenvalue weighted by molar-refractivity contribution is 7.98. The minimum absolute atomic E-state index is 0.0607. The van der Waals surface area contributed by atoms with Crippen LogP contribution in [0.3, 0.4) is 0 Å². The lowest BCUT2D eigenvalue weighted by molar-refractivity contribution is -0.213. The zero-order chi connectivity index (χ0) is 13.6. The van der Waals surface area contributed by atoms with Crippen LogP contribution in [0.2, 0.25) is 0 Å². The van der Waals surface area contributed by atoms with Crippen LogP contribution in [0.25, 0.3) is 0 Å². The summed E-state index contributed by atoms with van der Waals surface area (Å²) in [5.74, 6) is -2.62. The summed E-state index contributed by atoms with van der Waals surface area (Å²) < 4.78 is 29.7. The molecular weight excluding hydrogens is 258 g/mol. The summed E-state index contributed by atoms with van der Waals surface area (Å²) >= 11 is 1.51. The molecular formula is C12H20F2N2OS. The number of nitrogens with zero attached hydrogens (tertiary/aromatic N) is 2. The summed E-state index contributed by atoms with van der Waals surface area (Å²) in [6, 6.07) is 0. The Balaban J connectivity index is 2.12. The maximum Gasteiger partial charge on any atom is 0.280 e. The van der Waals surface area contributed by atoms with E-state index in [0.29, 0.717) is 31.4 Å². The molecule has 0 aromatic heterocycles. The van der Waals surface area contributed by atoms with Gasteiger partial charge in [0.05, 0.1) is 17.8 Å². The van der Waals surface area contributed by atoms with E-state index in [2.05, 4.69) is 5.16 Å². The van der Waals surface area contributed by atoms with Gasteiger partial charge in [-0.25, -0.2) is 13.1 Å². The first-order valence-electron chi connectivity index (χ1n) is 6.25.